The Labute approximate surface area is 85.6 Å². The van der Waals surface area contributed by atoms with Gasteiger partial charge in [0.2, 0.25) is 5.78 Å². The van der Waals surface area contributed by atoms with Crippen molar-refractivity contribution in [3.63, 3.8) is 0 Å². The van der Waals surface area contributed by atoms with E-state index in [1.54, 1.807) is 0 Å². The number of aromatic nitrogens is 6. The summed E-state index contributed by atoms with van der Waals surface area (Å²) in [6.45, 7) is 5.84. The van der Waals surface area contributed by atoms with E-state index in [4.69, 9.17) is 0 Å². The van der Waals surface area contributed by atoms with E-state index in [2.05, 4.69) is 20.4 Å². The molecule has 0 saturated carbocycles. The highest BCUT2D eigenvalue weighted by Crippen LogP contribution is 2.12. The molecule has 0 unspecified atom stereocenters. The SMILES string of the molecule is Cc1cc2nnc(C)n2c2nnc(C)n12. The molecule has 0 aliphatic heterocycles. The summed E-state index contributed by atoms with van der Waals surface area (Å²) >= 11 is 0. The summed E-state index contributed by atoms with van der Waals surface area (Å²) in [5, 5.41) is 16.3. The maximum atomic E-state index is 4.14. The fourth-order valence-electron chi connectivity index (χ4n) is 1.88. The Morgan fingerprint density at radius 3 is 2.33 bits per heavy atom. The summed E-state index contributed by atoms with van der Waals surface area (Å²) in [5.74, 6) is 2.46. The quantitative estimate of drug-likeness (QED) is 0.538. The highest BCUT2D eigenvalue weighted by atomic mass is 15.4. The first kappa shape index (κ1) is 8.34. The second-order valence-corrected chi connectivity index (χ2v) is 3.61. The lowest BCUT2D eigenvalue weighted by Crippen LogP contribution is -2.01. The van der Waals surface area contributed by atoms with Crippen molar-refractivity contribution in [2.24, 2.45) is 0 Å². The van der Waals surface area contributed by atoms with Crippen LogP contribution in [-0.2, 0) is 0 Å². The van der Waals surface area contributed by atoms with Crippen LogP contribution in [0.4, 0.5) is 0 Å². The number of rotatable bonds is 0. The van der Waals surface area contributed by atoms with Crippen molar-refractivity contribution in [2.75, 3.05) is 0 Å². The second kappa shape index (κ2) is 2.53. The van der Waals surface area contributed by atoms with E-state index in [0.717, 1.165) is 28.8 Å². The summed E-state index contributed by atoms with van der Waals surface area (Å²) in [7, 11) is 0. The van der Waals surface area contributed by atoms with Crippen LogP contribution in [-0.4, -0.2) is 29.2 Å². The molecule has 15 heavy (non-hydrogen) atoms. The normalized spacial score (nSPS) is 11.7. The van der Waals surface area contributed by atoms with Gasteiger partial charge in [-0.1, -0.05) is 0 Å². The molecule has 3 heterocycles. The third-order valence-corrected chi connectivity index (χ3v) is 2.55. The Bertz CT molecular complexity index is 662. The van der Waals surface area contributed by atoms with Crippen molar-refractivity contribution in [1.82, 2.24) is 29.2 Å². The fourth-order valence-corrected chi connectivity index (χ4v) is 1.88. The third-order valence-electron chi connectivity index (χ3n) is 2.55. The van der Waals surface area contributed by atoms with Gasteiger partial charge in [-0.25, -0.2) is 4.40 Å². The molecule has 76 valence electrons. The van der Waals surface area contributed by atoms with Crippen LogP contribution in [0.5, 0.6) is 0 Å². The van der Waals surface area contributed by atoms with Gasteiger partial charge in [-0.3, -0.25) is 4.40 Å². The van der Waals surface area contributed by atoms with Crippen molar-refractivity contribution < 1.29 is 0 Å². The first-order chi connectivity index (χ1) is 7.18. The summed E-state index contributed by atoms with van der Waals surface area (Å²) < 4.78 is 3.89. The number of hydrogen-bond acceptors (Lipinski definition) is 4. The number of aryl methyl sites for hydroxylation is 3. The Hall–Kier alpha value is -1.98. The Balaban J connectivity index is 2.68. The molecule has 0 bridgehead atoms. The Morgan fingerprint density at radius 2 is 1.53 bits per heavy atom. The molecule has 0 aliphatic rings. The van der Waals surface area contributed by atoms with E-state index in [1.807, 2.05) is 35.6 Å². The van der Waals surface area contributed by atoms with Gasteiger partial charge in [-0.15, -0.1) is 20.4 Å². The molecule has 0 spiro atoms. The van der Waals surface area contributed by atoms with Gasteiger partial charge in [-0.2, -0.15) is 0 Å². The highest BCUT2D eigenvalue weighted by Gasteiger charge is 2.11. The molecule has 0 aromatic carbocycles. The lowest BCUT2D eigenvalue weighted by Gasteiger charge is -2.02. The maximum absolute atomic E-state index is 4.14. The standard InChI is InChI=1S/C9H10N6/c1-5-4-8-12-10-7(3)15(8)9-13-11-6(2)14(5)9/h4H,1-3H3. The Kier molecular flexibility index (Phi) is 1.41. The average Bonchev–Trinajstić information content (AvgIpc) is 2.72. The van der Waals surface area contributed by atoms with Gasteiger partial charge in [0, 0.05) is 11.8 Å². The molecule has 6 nitrogen and oxygen atoms in total. The highest BCUT2D eigenvalue weighted by molar-refractivity contribution is 5.49. The van der Waals surface area contributed by atoms with Gasteiger partial charge in [0.25, 0.3) is 0 Å². The average molecular weight is 202 g/mol. The van der Waals surface area contributed by atoms with Crippen LogP contribution in [0.2, 0.25) is 0 Å². The predicted octanol–water partition coefficient (Wildman–Crippen LogP) is 0.697. The fraction of sp³-hybridized carbons (Fsp3) is 0.333. The molecule has 3 rings (SSSR count). The van der Waals surface area contributed by atoms with Crippen molar-refractivity contribution in [3.8, 4) is 0 Å². The van der Waals surface area contributed by atoms with Crippen molar-refractivity contribution >= 4 is 11.4 Å². The van der Waals surface area contributed by atoms with Crippen LogP contribution < -0.4 is 0 Å². The van der Waals surface area contributed by atoms with E-state index >= 15 is 0 Å². The zero-order valence-electron chi connectivity index (χ0n) is 8.76. The molecular weight excluding hydrogens is 192 g/mol. The lowest BCUT2D eigenvalue weighted by atomic mass is 10.4. The van der Waals surface area contributed by atoms with Crippen LogP contribution in [0.15, 0.2) is 6.07 Å². The van der Waals surface area contributed by atoms with E-state index in [1.165, 1.54) is 0 Å². The van der Waals surface area contributed by atoms with E-state index in [0.29, 0.717) is 0 Å². The molecular formula is C9H10N6. The van der Waals surface area contributed by atoms with Crippen LogP contribution in [0.3, 0.4) is 0 Å². The molecule has 0 amide bonds. The summed E-state index contributed by atoms with van der Waals surface area (Å²) in [6.07, 6.45) is 0. The molecule has 0 aliphatic carbocycles. The minimum atomic E-state index is 0.769. The molecule has 0 radical (unpaired) electrons. The monoisotopic (exact) mass is 202 g/mol. The zero-order valence-corrected chi connectivity index (χ0v) is 8.76. The van der Waals surface area contributed by atoms with Gasteiger partial charge in [-0.05, 0) is 20.8 Å². The number of nitrogens with zero attached hydrogens (tertiary/aromatic N) is 6. The van der Waals surface area contributed by atoms with E-state index in [9.17, 15) is 0 Å². The second-order valence-electron chi connectivity index (χ2n) is 3.61. The van der Waals surface area contributed by atoms with Crippen LogP contribution >= 0.6 is 0 Å². The van der Waals surface area contributed by atoms with Crippen LogP contribution in [0, 0.1) is 20.8 Å². The maximum Gasteiger partial charge on any atom is 0.243 e. The predicted molar refractivity (Wildman–Crippen MR) is 53.7 cm³/mol. The third kappa shape index (κ3) is 0.930. The summed E-state index contributed by atoms with van der Waals surface area (Å²) in [4.78, 5) is 0. The van der Waals surface area contributed by atoms with Crippen molar-refractivity contribution in [3.05, 3.63) is 23.4 Å². The molecule has 3 aromatic rings. The van der Waals surface area contributed by atoms with Gasteiger partial charge >= 0.3 is 0 Å². The van der Waals surface area contributed by atoms with Crippen LogP contribution in [0.25, 0.3) is 11.4 Å². The smallest absolute Gasteiger partial charge is 0.243 e. The minimum Gasteiger partial charge on any atom is -0.269 e. The zero-order chi connectivity index (χ0) is 10.6. The molecule has 0 atom stereocenters. The number of hydrogen-bond donors (Lipinski definition) is 0. The minimum absolute atomic E-state index is 0.769. The first-order valence-corrected chi connectivity index (χ1v) is 4.71. The van der Waals surface area contributed by atoms with Crippen molar-refractivity contribution in [1.29, 1.82) is 0 Å². The molecule has 0 N–H and O–H groups in total. The van der Waals surface area contributed by atoms with Gasteiger partial charge in [0.15, 0.2) is 5.65 Å². The molecule has 0 saturated heterocycles. The van der Waals surface area contributed by atoms with E-state index < -0.39 is 0 Å². The number of fused-ring (bicyclic) bond motifs is 3. The summed E-state index contributed by atoms with van der Waals surface area (Å²) in [6, 6.07) is 1.98. The van der Waals surface area contributed by atoms with E-state index in [-0.39, 0.29) is 0 Å². The van der Waals surface area contributed by atoms with Gasteiger partial charge in [0.05, 0.1) is 0 Å². The Morgan fingerprint density at radius 1 is 0.867 bits per heavy atom. The van der Waals surface area contributed by atoms with Crippen molar-refractivity contribution in [2.45, 2.75) is 20.8 Å². The molecule has 0 fully saturated rings. The van der Waals surface area contributed by atoms with Gasteiger partial charge < -0.3 is 0 Å². The largest absolute Gasteiger partial charge is 0.269 e. The molecule has 6 heteroatoms. The van der Waals surface area contributed by atoms with Gasteiger partial charge in [0.1, 0.15) is 11.6 Å². The topological polar surface area (TPSA) is 60.4 Å². The lowest BCUT2D eigenvalue weighted by molar-refractivity contribution is 0.949. The van der Waals surface area contributed by atoms with Crippen LogP contribution in [0.1, 0.15) is 17.3 Å². The first-order valence-electron chi connectivity index (χ1n) is 4.71. The summed E-state index contributed by atoms with van der Waals surface area (Å²) in [5.41, 5.74) is 1.87. The molecule has 3 aromatic heterocycles.